The minimum atomic E-state index is -0.425. The Bertz CT molecular complexity index is 2270. The first-order valence-electron chi connectivity index (χ1n) is 15.2. The second kappa shape index (κ2) is 9.69. The van der Waals surface area contributed by atoms with E-state index in [1.54, 1.807) is 0 Å². The van der Waals surface area contributed by atoms with Crippen LogP contribution < -0.4 is 0 Å². The highest BCUT2D eigenvalue weighted by molar-refractivity contribution is 6.06. The SMILES string of the molecule is c1ccc(-c2ccc3c(c2)-c2cc(-c4ccc5oc6ccccc6c5c4)ccc2C3(c2ccccc2)c2ccccc2)cc1. The van der Waals surface area contributed by atoms with Crippen molar-refractivity contribution in [2.75, 3.05) is 0 Å². The van der Waals surface area contributed by atoms with Gasteiger partial charge in [-0.05, 0) is 86.0 Å². The van der Waals surface area contributed by atoms with Gasteiger partial charge in [0.15, 0.2) is 0 Å². The van der Waals surface area contributed by atoms with Gasteiger partial charge in [-0.15, -0.1) is 0 Å². The van der Waals surface area contributed by atoms with Crippen LogP contribution in [0, 0.1) is 0 Å². The minimum absolute atomic E-state index is 0.425. The molecule has 206 valence electrons. The number of hydrogen-bond acceptors (Lipinski definition) is 1. The Balaban J connectivity index is 1.33. The van der Waals surface area contributed by atoms with Crippen LogP contribution in [0.1, 0.15) is 22.3 Å². The third-order valence-corrected chi connectivity index (χ3v) is 9.37. The van der Waals surface area contributed by atoms with E-state index >= 15 is 0 Å². The predicted octanol–water partition coefficient (Wildman–Crippen LogP) is 11.3. The fourth-order valence-electron chi connectivity index (χ4n) is 7.39. The van der Waals surface area contributed by atoms with E-state index < -0.39 is 5.41 Å². The summed E-state index contributed by atoms with van der Waals surface area (Å²) in [5, 5.41) is 2.30. The van der Waals surface area contributed by atoms with E-state index in [9.17, 15) is 0 Å². The lowest BCUT2D eigenvalue weighted by Gasteiger charge is -2.34. The average Bonchev–Trinajstić information content (AvgIpc) is 3.62. The molecule has 7 aromatic carbocycles. The van der Waals surface area contributed by atoms with Crippen LogP contribution in [-0.2, 0) is 5.41 Å². The van der Waals surface area contributed by atoms with E-state index in [1.165, 1.54) is 55.6 Å². The Hall–Kier alpha value is -5.66. The fraction of sp³-hybridized carbons (Fsp3) is 0.0233. The van der Waals surface area contributed by atoms with Gasteiger partial charge in [0.1, 0.15) is 11.2 Å². The summed E-state index contributed by atoms with van der Waals surface area (Å²) in [6.45, 7) is 0. The van der Waals surface area contributed by atoms with E-state index in [-0.39, 0.29) is 0 Å². The number of furan rings is 1. The number of hydrogen-bond donors (Lipinski definition) is 0. The van der Waals surface area contributed by atoms with Crippen molar-refractivity contribution in [1.82, 2.24) is 0 Å². The molecule has 0 bridgehead atoms. The maximum Gasteiger partial charge on any atom is 0.135 e. The molecule has 1 heteroatoms. The Morgan fingerprint density at radius 2 is 0.818 bits per heavy atom. The molecule has 0 atom stereocenters. The molecule has 1 nitrogen and oxygen atoms in total. The number of benzene rings is 7. The highest BCUT2D eigenvalue weighted by Gasteiger charge is 2.46. The topological polar surface area (TPSA) is 13.1 Å². The fourth-order valence-corrected chi connectivity index (χ4v) is 7.39. The second-order valence-corrected chi connectivity index (χ2v) is 11.7. The summed E-state index contributed by atoms with van der Waals surface area (Å²) >= 11 is 0. The zero-order chi connectivity index (χ0) is 29.1. The van der Waals surface area contributed by atoms with Crippen molar-refractivity contribution in [2.45, 2.75) is 5.41 Å². The van der Waals surface area contributed by atoms with Crippen molar-refractivity contribution < 1.29 is 4.42 Å². The molecule has 0 saturated heterocycles. The summed E-state index contributed by atoms with van der Waals surface area (Å²) < 4.78 is 6.14. The molecule has 0 radical (unpaired) electrons. The van der Waals surface area contributed by atoms with E-state index in [0.717, 1.165) is 21.9 Å². The highest BCUT2D eigenvalue weighted by atomic mass is 16.3. The van der Waals surface area contributed by atoms with Gasteiger partial charge in [-0.1, -0.05) is 140 Å². The van der Waals surface area contributed by atoms with Crippen molar-refractivity contribution in [3.8, 4) is 33.4 Å². The normalized spacial score (nSPS) is 13.2. The van der Waals surface area contributed by atoms with Gasteiger partial charge in [-0.3, -0.25) is 0 Å². The van der Waals surface area contributed by atoms with Crippen molar-refractivity contribution in [2.24, 2.45) is 0 Å². The molecule has 44 heavy (non-hydrogen) atoms. The van der Waals surface area contributed by atoms with Gasteiger partial charge in [0.2, 0.25) is 0 Å². The molecule has 0 spiro atoms. The van der Waals surface area contributed by atoms with Gasteiger partial charge in [-0.2, -0.15) is 0 Å². The molecule has 1 aliphatic carbocycles. The highest BCUT2D eigenvalue weighted by Crippen LogP contribution is 2.57. The Morgan fingerprint density at radius 3 is 1.45 bits per heavy atom. The smallest absolute Gasteiger partial charge is 0.135 e. The summed E-state index contributed by atoms with van der Waals surface area (Å²) in [4.78, 5) is 0. The second-order valence-electron chi connectivity index (χ2n) is 11.7. The maximum absolute atomic E-state index is 6.14. The molecule has 9 rings (SSSR count). The largest absolute Gasteiger partial charge is 0.456 e. The molecule has 0 aliphatic heterocycles. The molecule has 0 N–H and O–H groups in total. The quantitative estimate of drug-likeness (QED) is 0.209. The zero-order valence-electron chi connectivity index (χ0n) is 24.1. The van der Waals surface area contributed by atoms with Crippen molar-refractivity contribution in [1.29, 1.82) is 0 Å². The predicted molar refractivity (Wildman–Crippen MR) is 182 cm³/mol. The van der Waals surface area contributed by atoms with Crippen LogP contribution in [0.4, 0.5) is 0 Å². The average molecular weight is 561 g/mol. The third-order valence-electron chi connectivity index (χ3n) is 9.37. The Labute approximate surface area is 256 Å². The summed E-state index contributed by atoms with van der Waals surface area (Å²) in [5.74, 6) is 0. The summed E-state index contributed by atoms with van der Waals surface area (Å²) in [6, 6.07) is 61.7. The lowest BCUT2D eigenvalue weighted by atomic mass is 9.67. The standard InChI is InChI=1S/C43H28O/c1-4-12-29(13-5-1)30-20-23-39-36(26-30)37-27-31(32-22-25-42-38(28-32)35-18-10-11-19-41(35)44-42)21-24-40(37)43(39,33-14-6-2-7-15-33)34-16-8-3-9-17-34/h1-28H. The van der Waals surface area contributed by atoms with Crippen molar-refractivity contribution in [3.05, 3.63) is 192 Å². The minimum Gasteiger partial charge on any atom is -0.456 e. The molecule has 8 aromatic rings. The number of para-hydroxylation sites is 1. The van der Waals surface area contributed by atoms with Gasteiger partial charge in [0, 0.05) is 10.8 Å². The monoisotopic (exact) mass is 560 g/mol. The van der Waals surface area contributed by atoms with Crippen LogP contribution in [0.15, 0.2) is 174 Å². The molecule has 1 aromatic heterocycles. The first-order valence-corrected chi connectivity index (χ1v) is 15.2. The molecule has 0 amide bonds. The summed E-state index contributed by atoms with van der Waals surface area (Å²) in [7, 11) is 0. The zero-order valence-corrected chi connectivity index (χ0v) is 24.1. The molecule has 1 heterocycles. The van der Waals surface area contributed by atoms with Gasteiger partial charge < -0.3 is 4.42 Å². The van der Waals surface area contributed by atoms with Crippen molar-refractivity contribution in [3.63, 3.8) is 0 Å². The van der Waals surface area contributed by atoms with Crippen LogP contribution >= 0.6 is 0 Å². The van der Waals surface area contributed by atoms with Crippen LogP contribution in [0.3, 0.4) is 0 Å². The molecule has 0 unspecified atom stereocenters. The molecular weight excluding hydrogens is 532 g/mol. The van der Waals surface area contributed by atoms with E-state index in [0.29, 0.717) is 0 Å². The summed E-state index contributed by atoms with van der Waals surface area (Å²) in [6.07, 6.45) is 0. The van der Waals surface area contributed by atoms with Crippen LogP contribution in [0.2, 0.25) is 0 Å². The molecular formula is C43H28O. The van der Waals surface area contributed by atoms with E-state index in [1.807, 2.05) is 12.1 Å². The molecule has 1 aliphatic rings. The van der Waals surface area contributed by atoms with Gasteiger partial charge in [-0.25, -0.2) is 0 Å². The molecule has 0 fully saturated rings. The Kier molecular flexibility index (Phi) is 5.48. The van der Waals surface area contributed by atoms with Crippen molar-refractivity contribution >= 4 is 21.9 Å². The van der Waals surface area contributed by atoms with Crippen LogP contribution in [0.5, 0.6) is 0 Å². The number of fused-ring (bicyclic) bond motifs is 6. The van der Waals surface area contributed by atoms with Gasteiger partial charge >= 0.3 is 0 Å². The lowest BCUT2D eigenvalue weighted by molar-refractivity contribution is 0.669. The first-order chi connectivity index (χ1) is 21.8. The summed E-state index contributed by atoms with van der Waals surface area (Å²) in [5.41, 5.74) is 14.0. The lowest BCUT2D eigenvalue weighted by Crippen LogP contribution is -2.28. The number of rotatable bonds is 4. The van der Waals surface area contributed by atoms with Crippen LogP contribution in [-0.4, -0.2) is 0 Å². The van der Waals surface area contributed by atoms with Crippen LogP contribution in [0.25, 0.3) is 55.3 Å². The first kappa shape index (κ1) is 24.9. The Morgan fingerprint density at radius 1 is 0.341 bits per heavy atom. The maximum atomic E-state index is 6.14. The van der Waals surface area contributed by atoms with Gasteiger partial charge in [0.25, 0.3) is 0 Å². The van der Waals surface area contributed by atoms with Gasteiger partial charge in [0.05, 0.1) is 5.41 Å². The van der Waals surface area contributed by atoms with E-state index in [4.69, 9.17) is 4.42 Å². The molecule has 0 saturated carbocycles. The third kappa shape index (κ3) is 3.60. The van der Waals surface area contributed by atoms with E-state index in [2.05, 4.69) is 158 Å².